The third kappa shape index (κ3) is 4.02. The Morgan fingerprint density at radius 3 is 2.94 bits per heavy atom. The number of aryl methyl sites for hydroxylation is 1. The molecule has 1 heterocycles. The summed E-state index contributed by atoms with van der Waals surface area (Å²) in [5.74, 6) is 0.488. The lowest BCUT2D eigenvalue weighted by atomic mass is 10.2. The molecule has 0 bridgehead atoms. The molecule has 1 aromatic heterocycles. The highest BCUT2D eigenvalue weighted by Crippen LogP contribution is 2.03. The van der Waals surface area contributed by atoms with Crippen LogP contribution in [0.5, 0.6) is 5.75 Å². The van der Waals surface area contributed by atoms with Gasteiger partial charge in [-0.25, -0.2) is 4.68 Å². The van der Waals surface area contributed by atoms with E-state index < -0.39 is 0 Å². The van der Waals surface area contributed by atoms with E-state index in [-0.39, 0.29) is 5.56 Å². The molecule has 0 aliphatic carbocycles. The van der Waals surface area contributed by atoms with Gasteiger partial charge in [0, 0.05) is 19.2 Å². The van der Waals surface area contributed by atoms with E-state index in [0.29, 0.717) is 25.4 Å². The monoisotopic (exact) mass is 225 g/mol. The van der Waals surface area contributed by atoms with Crippen LogP contribution in [0.4, 0.5) is 0 Å². The van der Waals surface area contributed by atoms with Gasteiger partial charge in [0.25, 0.3) is 5.56 Å². The standard InChI is InChI=1S/C11H19N3O2/c1-2-3-4-6-14-11(15)8-10(9-13-14)16-7-5-12/h8-9H,2-7,12H2,1H3. The van der Waals surface area contributed by atoms with E-state index in [1.165, 1.54) is 10.7 Å². The minimum atomic E-state index is -0.120. The summed E-state index contributed by atoms with van der Waals surface area (Å²) in [7, 11) is 0. The van der Waals surface area contributed by atoms with Gasteiger partial charge in [-0.15, -0.1) is 0 Å². The number of hydrogen-bond acceptors (Lipinski definition) is 4. The summed E-state index contributed by atoms with van der Waals surface area (Å²) >= 11 is 0. The van der Waals surface area contributed by atoms with Gasteiger partial charge in [-0.2, -0.15) is 5.10 Å². The van der Waals surface area contributed by atoms with Gasteiger partial charge in [0.2, 0.25) is 0 Å². The second-order valence-electron chi connectivity index (χ2n) is 3.60. The first-order chi connectivity index (χ1) is 7.77. The first-order valence-electron chi connectivity index (χ1n) is 5.68. The fourth-order valence-corrected chi connectivity index (χ4v) is 1.35. The highest BCUT2D eigenvalue weighted by Gasteiger charge is 2.00. The van der Waals surface area contributed by atoms with Gasteiger partial charge in [0.05, 0.1) is 6.20 Å². The molecule has 5 nitrogen and oxygen atoms in total. The number of nitrogens with zero attached hydrogens (tertiary/aromatic N) is 2. The molecule has 0 saturated carbocycles. The van der Waals surface area contributed by atoms with Crippen molar-refractivity contribution in [3.63, 3.8) is 0 Å². The van der Waals surface area contributed by atoms with Gasteiger partial charge in [0.1, 0.15) is 12.4 Å². The quantitative estimate of drug-likeness (QED) is 0.696. The maximum atomic E-state index is 11.6. The smallest absolute Gasteiger partial charge is 0.270 e. The van der Waals surface area contributed by atoms with Crippen LogP contribution in [0.1, 0.15) is 26.2 Å². The summed E-state index contributed by atoms with van der Waals surface area (Å²) < 4.78 is 6.68. The molecule has 0 aliphatic rings. The highest BCUT2D eigenvalue weighted by atomic mass is 16.5. The summed E-state index contributed by atoms with van der Waals surface area (Å²) in [4.78, 5) is 11.6. The zero-order valence-electron chi connectivity index (χ0n) is 9.69. The molecule has 1 aromatic rings. The molecule has 0 aromatic carbocycles. The largest absolute Gasteiger partial charge is 0.490 e. The van der Waals surface area contributed by atoms with Crippen LogP contribution in [-0.4, -0.2) is 22.9 Å². The molecule has 2 N–H and O–H groups in total. The summed E-state index contributed by atoms with van der Waals surface area (Å²) in [6.45, 7) is 3.63. The number of unbranched alkanes of at least 4 members (excludes halogenated alkanes) is 2. The van der Waals surface area contributed by atoms with Crippen LogP contribution in [0.15, 0.2) is 17.1 Å². The molecule has 0 spiro atoms. The van der Waals surface area contributed by atoms with Crippen LogP contribution in [0.25, 0.3) is 0 Å². The molecule has 90 valence electrons. The first-order valence-corrected chi connectivity index (χ1v) is 5.68. The Labute approximate surface area is 95.2 Å². The van der Waals surface area contributed by atoms with Crippen molar-refractivity contribution >= 4 is 0 Å². The Bertz CT molecular complexity index is 362. The third-order valence-electron chi connectivity index (χ3n) is 2.20. The summed E-state index contributed by atoms with van der Waals surface area (Å²) in [5, 5.41) is 4.04. The van der Waals surface area contributed by atoms with Gasteiger partial charge < -0.3 is 10.5 Å². The maximum absolute atomic E-state index is 11.6. The van der Waals surface area contributed by atoms with Crippen LogP contribution in [0.3, 0.4) is 0 Å². The van der Waals surface area contributed by atoms with Crippen LogP contribution in [0.2, 0.25) is 0 Å². The van der Waals surface area contributed by atoms with E-state index in [9.17, 15) is 4.79 Å². The number of hydrogen-bond donors (Lipinski definition) is 1. The van der Waals surface area contributed by atoms with Crippen molar-refractivity contribution in [1.29, 1.82) is 0 Å². The SMILES string of the molecule is CCCCCn1ncc(OCCN)cc1=O. The highest BCUT2D eigenvalue weighted by molar-refractivity contribution is 5.13. The molecule has 1 rings (SSSR count). The molecule has 0 atom stereocenters. The zero-order chi connectivity index (χ0) is 11.8. The summed E-state index contributed by atoms with van der Waals surface area (Å²) in [5.41, 5.74) is 5.18. The fraction of sp³-hybridized carbons (Fsp3) is 0.636. The Morgan fingerprint density at radius 1 is 1.50 bits per heavy atom. The summed E-state index contributed by atoms with van der Waals surface area (Å²) in [6, 6.07) is 1.45. The molecule has 0 amide bonds. The van der Waals surface area contributed by atoms with Crippen molar-refractivity contribution in [2.24, 2.45) is 5.73 Å². The second-order valence-corrected chi connectivity index (χ2v) is 3.60. The predicted molar refractivity (Wildman–Crippen MR) is 62.6 cm³/mol. The van der Waals surface area contributed by atoms with E-state index in [1.54, 1.807) is 6.20 Å². The topological polar surface area (TPSA) is 70.1 Å². The van der Waals surface area contributed by atoms with E-state index >= 15 is 0 Å². The molecule has 0 unspecified atom stereocenters. The van der Waals surface area contributed by atoms with Crippen LogP contribution in [0, 0.1) is 0 Å². The van der Waals surface area contributed by atoms with Gasteiger partial charge in [-0.05, 0) is 6.42 Å². The minimum Gasteiger partial charge on any atom is -0.490 e. The average molecular weight is 225 g/mol. The molecule has 0 radical (unpaired) electrons. The average Bonchev–Trinajstić information content (AvgIpc) is 2.29. The van der Waals surface area contributed by atoms with E-state index in [4.69, 9.17) is 10.5 Å². The molecule has 0 aliphatic heterocycles. The Kier molecular flexibility index (Phi) is 5.56. The van der Waals surface area contributed by atoms with Crippen molar-refractivity contribution < 1.29 is 4.74 Å². The van der Waals surface area contributed by atoms with Gasteiger partial charge in [-0.1, -0.05) is 19.8 Å². The molecule has 16 heavy (non-hydrogen) atoms. The third-order valence-corrected chi connectivity index (χ3v) is 2.20. The number of ether oxygens (including phenoxy) is 1. The Morgan fingerprint density at radius 2 is 2.31 bits per heavy atom. The van der Waals surface area contributed by atoms with Gasteiger partial charge in [-0.3, -0.25) is 4.79 Å². The van der Waals surface area contributed by atoms with Crippen LogP contribution < -0.4 is 16.0 Å². The molecule has 0 saturated heterocycles. The number of aromatic nitrogens is 2. The maximum Gasteiger partial charge on any atom is 0.270 e. The lowest BCUT2D eigenvalue weighted by Crippen LogP contribution is -2.22. The molecule has 5 heteroatoms. The molecular formula is C11H19N3O2. The second kappa shape index (κ2) is 7.00. The molecular weight excluding hydrogens is 206 g/mol. The predicted octanol–water partition coefficient (Wildman–Crippen LogP) is 0.771. The van der Waals surface area contributed by atoms with E-state index in [0.717, 1.165) is 19.3 Å². The van der Waals surface area contributed by atoms with Gasteiger partial charge in [0.15, 0.2) is 0 Å². The fourth-order valence-electron chi connectivity index (χ4n) is 1.35. The normalized spacial score (nSPS) is 10.4. The van der Waals surface area contributed by atoms with Gasteiger partial charge >= 0.3 is 0 Å². The number of rotatable bonds is 7. The van der Waals surface area contributed by atoms with Crippen molar-refractivity contribution in [2.75, 3.05) is 13.2 Å². The summed E-state index contributed by atoms with van der Waals surface area (Å²) in [6.07, 6.45) is 4.78. The minimum absolute atomic E-state index is 0.120. The van der Waals surface area contributed by atoms with Crippen molar-refractivity contribution in [3.05, 3.63) is 22.6 Å². The first kappa shape index (κ1) is 12.7. The Balaban J connectivity index is 2.57. The zero-order valence-corrected chi connectivity index (χ0v) is 9.69. The van der Waals surface area contributed by atoms with E-state index in [2.05, 4.69) is 12.0 Å². The lowest BCUT2D eigenvalue weighted by molar-refractivity contribution is 0.323. The van der Waals surface area contributed by atoms with E-state index in [1.807, 2.05) is 0 Å². The lowest BCUT2D eigenvalue weighted by Gasteiger charge is -2.06. The Hall–Kier alpha value is -1.36. The van der Waals surface area contributed by atoms with Crippen molar-refractivity contribution in [1.82, 2.24) is 9.78 Å². The molecule has 0 fully saturated rings. The van der Waals surface area contributed by atoms with Crippen molar-refractivity contribution in [2.45, 2.75) is 32.7 Å². The number of nitrogens with two attached hydrogens (primary N) is 1. The van der Waals surface area contributed by atoms with Crippen LogP contribution >= 0.6 is 0 Å². The van der Waals surface area contributed by atoms with Crippen LogP contribution in [-0.2, 0) is 6.54 Å². The van der Waals surface area contributed by atoms with Crippen molar-refractivity contribution in [3.8, 4) is 5.75 Å².